The summed E-state index contributed by atoms with van der Waals surface area (Å²) in [6.07, 6.45) is 3.95. The number of phenols is 1. The fourth-order valence-corrected chi connectivity index (χ4v) is 2.44. The molecule has 0 unspecified atom stereocenters. The van der Waals surface area contributed by atoms with Gasteiger partial charge in [-0.15, -0.1) is 10.2 Å². The summed E-state index contributed by atoms with van der Waals surface area (Å²) in [5, 5.41) is 17.7. The van der Waals surface area contributed by atoms with Gasteiger partial charge in [0.2, 0.25) is 11.6 Å². The molecule has 0 fully saturated rings. The number of furan rings is 1. The Kier molecular flexibility index (Phi) is 4.97. The molecule has 1 aliphatic carbocycles. The fraction of sp³-hybridized carbons (Fsp3) is 0.211. The number of aryl methyl sites for hydroxylation is 2. The molecule has 1 aromatic heterocycles. The second kappa shape index (κ2) is 7.35. The topological polar surface area (TPSA) is 84.4 Å². The molecule has 2 aromatic rings. The predicted molar refractivity (Wildman–Crippen MR) is 92.4 cm³/mol. The maximum absolute atomic E-state index is 13.6. The number of rotatable bonds is 4. The van der Waals surface area contributed by atoms with Crippen LogP contribution in [0.1, 0.15) is 34.5 Å². The smallest absolute Gasteiger partial charge is 0.379 e. The maximum atomic E-state index is 13.6. The third-order valence-corrected chi connectivity index (χ3v) is 3.80. The van der Waals surface area contributed by atoms with Gasteiger partial charge in [-0.05, 0) is 55.7 Å². The van der Waals surface area contributed by atoms with Gasteiger partial charge in [-0.2, -0.15) is 0 Å². The number of ether oxygens (including phenoxy) is 1. The van der Waals surface area contributed by atoms with E-state index in [0.717, 1.165) is 0 Å². The third kappa shape index (κ3) is 3.88. The molecule has 0 amide bonds. The van der Waals surface area contributed by atoms with Gasteiger partial charge in [0, 0.05) is 12.5 Å². The average molecular weight is 356 g/mol. The van der Waals surface area contributed by atoms with Crippen molar-refractivity contribution >= 4 is 17.5 Å². The standard InChI is InChI=1S/C19H17FN2O4/c1-11-9-13(10-12(2)18(11)23)21-22-17-8-7-16(25-17)19(24)26-15-6-4-3-5-14(15)20/h4,6-10,23H,3,5H2,1-2H3. The van der Waals surface area contributed by atoms with Crippen molar-refractivity contribution < 1.29 is 23.4 Å². The molecule has 1 aromatic carbocycles. The molecule has 0 saturated carbocycles. The number of halogens is 1. The van der Waals surface area contributed by atoms with Gasteiger partial charge in [-0.3, -0.25) is 0 Å². The summed E-state index contributed by atoms with van der Waals surface area (Å²) in [7, 11) is 0. The van der Waals surface area contributed by atoms with Crippen molar-refractivity contribution in [2.24, 2.45) is 10.2 Å². The van der Waals surface area contributed by atoms with Gasteiger partial charge in [-0.1, -0.05) is 6.08 Å². The van der Waals surface area contributed by atoms with E-state index in [1.165, 1.54) is 18.2 Å². The fourth-order valence-electron chi connectivity index (χ4n) is 2.44. The minimum Gasteiger partial charge on any atom is -0.507 e. The summed E-state index contributed by atoms with van der Waals surface area (Å²) in [6.45, 7) is 3.52. The lowest BCUT2D eigenvalue weighted by Crippen LogP contribution is -2.05. The molecule has 26 heavy (non-hydrogen) atoms. The highest BCUT2D eigenvalue weighted by molar-refractivity contribution is 5.87. The van der Waals surface area contributed by atoms with E-state index in [9.17, 15) is 14.3 Å². The van der Waals surface area contributed by atoms with Crippen LogP contribution in [0.25, 0.3) is 0 Å². The molecule has 0 saturated heterocycles. The largest absolute Gasteiger partial charge is 0.507 e. The average Bonchev–Trinajstić information content (AvgIpc) is 3.09. The number of nitrogens with zero attached hydrogens (tertiary/aromatic N) is 2. The Morgan fingerprint density at radius 3 is 2.65 bits per heavy atom. The first-order valence-corrected chi connectivity index (χ1v) is 8.03. The van der Waals surface area contributed by atoms with Crippen molar-refractivity contribution in [3.05, 3.63) is 64.9 Å². The minimum absolute atomic E-state index is 0.101. The highest BCUT2D eigenvalue weighted by Crippen LogP contribution is 2.29. The Hall–Kier alpha value is -3.22. The summed E-state index contributed by atoms with van der Waals surface area (Å²) in [6, 6.07) is 6.19. The number of hydrogen-bond donors (Lipinski definition) is 1. The highest BCUT2D eigenvalue weighted by Gasteiger charge is 2.18. The molecule has 3 rings (SSSR count). The number of hydrogen-bond acceptors (Lipinski definition) is 6. The first-order valence-electron chi connectivity index (χ1n) is 8.03. The van der Waals surface area contributed by atoms with Gasteiger partial charge in [-0.25, -0.2) is 9.18 Å². The predicted octanol–water partition coefficient (Wildman–Crippen LogP) is 5.71. The zero-order valence-electron chi connectivity index (χ0n) is 14.3. The van der Waals surface area contributed by atoms with E-state index in [2.05, 4.69) is 10.2 Å². The number of aromatic hydroxyl groups is 1. The third-order valence-electron chi connectivity index (χ3n) is 3.80. The van der Waals surface area contributed by atoms with Crippen LogP contribution in [0.5, 0.6) is 5.75 Å². The molecule has 0 atom stereocenters. The summed E-state index contributed by atoms with van der Waals surface area (Å²) in [4.78, 5) is 12.0. The molecular formula is C19H17FN2O4. The summed E-state index contributed by atoms with van der Waals surface area (Å²) >= 11 is 0. The molecule has 1 heterocycles. The summed E-state index contributed by atoms with van der Waals surface area (Å²) < 4.78 is 23.9. The van der Waals surface area contributed by atoms with Gasteiger partial charge in [0.05, 0.1) is 5.69 Å². The summed E-state index contributed by atoms with van der Waals surface area (Å²) in [5.74, 6) is -1.16. The van der Waals surface area contributed by atoms with Crippen LogP contribution >= 0.6 is 0 Å². The normalized spacial score (nSPS) is 14.3. The summed E-state index contributed by atoms with van der Waals surface area (Å²) in [5.41, 5.74) is 1.90. The van der Waals surface area contributed by atoms with E-state index in [1.54, 1.807) is 32.1 Å². The zero-order valence-corrected chi connectivity index (χ0v) is 14.3. The number of phenolic OH excluding ortho intramolecular Hbond substituents is 1. The Labute approximate surface area is 149 Å². The Morgan fingerprint density at radius 2 is 1.96 bits per heavy atom. The van der Waals surface area contributed by atoms with Crippen molar-refractivity contribution in [2.45, 2.75) is 26.7 Å². The van der Waals surface area contributed by atoms with Crippen LogP contribution < -0.4 is 0 Å². The molecule has 1 aliphatic rings. The van der Waals surface area contributed by atoms with Crippen molar-refractivity contribution in [1.29, 1.82) is 0 Å². The Balaban J connectivity index is 1.72. The molecule has 1 N–H and O–H groups in total. The quantitative estimate of drug-likeness (QED) is 0.562. The molecule has 6 nitrogen and oxygen atoms in total. The highest BCUT2D eigenvalue weighted by atomic mass is 19.1. The van der Waals surface area contributed by atoms with Crippen molar-refractivity contribution in [2.75, 3.05) is 0 Å². The van der Waals surface area contributed by atoms with Gasteiger partial charge >= 0.3 is 5.97 Å². The van der Waals surface area contributed by atoms with Gasteiger partial charge in [0.1, 0.15) is 11.6 Å². The number of azo groups is 1. The van der Waals surface area contributed by atoms with E-state index in [1.807, 2.05) is 0 Å². The Bertz CT molecular complexity index is 918. The van der Waals surface area contributed by atoms with Crippen LogP contribution in [0, 0.1) is 13.8 Å². The Morgan fingerprint density at radius 1 is 1.23 bits per heavy atom. The van der Waals surface area contributed by atoms with Crippen LogP contribution in [-0.2, 0) is 4.74 Å². The van der Waals surface area contributed by atoms with Crippen molar-refractivity contribution in [3.8, 4) is 5.75 Å². The van der Waals surface area contributed by atoms with E-state index < -0.39 is 11.8 Å². The lowest BCUT2D eigenvalue weighted by molar-refractivity contribution is 0.0591. The molecule has 134 valence electrons. The lowest BCUT2D eigenvalue weighted by Gasteiger charge is -2.08. The zero-order chi connectivity index (χ0) is 18.7. The van der Waals surface area contributed by atoms with Gasteiger partial charge in [0.25, 0.3) is 0 Å². The van der Waals surface area contributed by atoms with Crippen molar-refractivity contribution in [1.82, 2.24) is 0 Å². The minimum atomic E-state index is -0.806. The first-order chi connectivity index (χ1) is 12.4. The first kappa shape index (κ1) is 17.6. The van der Waals surface area contributed by atoms with Crippen LogP contribution in [0.3, 0.4) is 0 Å². The number of carbonyl (C=O) groups is 1. The van der Waals surface area contributed by atoms with E-state index in [-0.39, 0.29) is 29.6 Å². The van der Waals surface area contributed by atoms with E-state index in [0.29, 0.717) is 23.2 Å². The van der Waals surface area contributed by atoms with Crippen LogP contribution in [-0.4, -0.2) is 11.1 Å². The number of allylic oxidation sites excluding steroid dienone is 3. The van der Waals surface area contributed by atoms with Crippen LogP contribution in [0.2, 0.25) is 0 Å². The molecule has 0 aliphatic heterocycles. The van der Waals surface area contributed by atoms with E-state index in [4.69, 9.17) is 9.15 Å². The van der Waals surface area contributed by atoms with E-state index >= 15 is 0 Å². The SMILES string of the molecule is Cc1cc(N=Nc2ccc(C(=O)OC3=C(F)CCC=C3)o2)cc(C)c1O. The van der Waals surface area contributed by atoms with Gasteiger partial charge < -0.3 is 14.3 Å². The van der Waals surface area contributed by atoms with Gasteiger partial charge in [0.15, 0.2) is 5.76 Å². The lowest BCUT2D eigenvalue weighted by atomic mass is 10.1. The number of benzene rings is 1. The van der Waals surface area contributed by atoms with Crippen LogP contribution in [0.15, 0.2) is 62.6 Å². The maximum Gasteiger partial charge on any atom is 0.379 e. The molecule has 0 spiro atoms. The monoisotopic (exact) mass is 356 g/mol. The number of esters is 1. The molecule has 7 heteroatoms. The molecular weight excluding hydrogens is 339 g/mol. The molecule has 0 bridgehead atoms. The second-order valence-corrected chi connectivity index (χ2v) is 5.87. The van der Waals surface area contributed by atoms with Crippen LogP contribution in [0.4, 0.5) is 16.0 Å². The number of carbonyl (C=O) groups excluding carboxylic acids is 1. The molecule has 0 radical (unpaired) electrons. The van der Waals surface area contributed by atoms with Crippen molar-refractivity contribution in [3.63, 3.8) is 0 Å². The second-order valence-electron chi connectivity index (χ2n) is 5.87.